The predicted octanol–water partition coefficient (Wildman–Crippen LogP) is 4.09. The van der Waals surface area contributed by atoms with Gasteiger partial charge < -0.3 is 20.3 Å². The summed E-state index contributed by atoms with van der Waals surface area (Å²) in [6.45, 7) is 3.05. The van der Waals surface area contributed by atoms with Crippen molar-refractivity contribution in [2.75, 3.05) is 19.6 Å². The third-order valence-electron chi connectivity index (χ3n) is 5.55. The maximum atomic E-state index is 13.6. The Bertz CT molecular complexity index is 647. The lowest BCUT2D eigenvalue weighted by Crippen LogP contribution is -2.48. The Balaban J connectivity index is 0.00000450. The molecule has 0 saturated heterocycles. The summed E-state index contributed by atoms with van der Waals surface area (Å²) in [5.41, 5.74) is -3.02. The zero-order valence-electron chi connectivity index (χ0n) is 17.8. The van der Waals surface area contributed by atoms with Crippen LogP contribution in [0, 0.1) is 5.92 Å². The molecule has 0 spiro atoms. The number of guanidine groups is 1. The van der Waals surface area contributed by atoms with Gasteiger partial charge >= 0.3 is 6.18 Å². The molecule has 1 atom stereocenters. The van der Waals surface area contributed by atoms with Gasteiger partial charge in [-0.2, -0.15) is 13.2 Å². The normalized spacial score (nSPS) is 17.5. The number of unbranched alkanes of at least 4 members (excludes halogenated alkanes) is 1. The number of aliphatic imine (C=N–C) groups is 1. The molecule has 0 aliphatic heterocycles. The van der Waals surface area contributed by atoms with Gasteiger partial charge in [-0.3, -0.25) is 4.99 Å². The number of nitrogens with zero attached hydrogens (tertiary/aromatic N) is 3. The molecule has 6 nitrogen and oxygen atoms in total. The van der Waals surface area contributed by atoms with Crippen molar-refractivity contribution in [3.8, 4) is 0 Å². The maximum Gasteiger partial charge on any atom is 0.424 e. The molecular formula is C20H35F3IN5O. The maximum absolute atomic E-state index is 13.6. The van der Waals surface area contributed by atoms with Crippen molar-refractivity contribution in [3.05, 3.63) is 18.2 Å². The number of hydrogen-bond acceptors (Lipinski definition) is 3. The molecule has 2 rings (SSSR count). The molecule has 0 amide bonds. The first-order valence-corrected chi connectivity index (χ1v) is 10.6. The Kier molecular flexibility index (Phi) is 11.5. The van der Waals surface area contributed by atoms with Crippen molar-refractivity contribution in [1.82, 2.24) is 20.2 Å². The van der Waals surface area contributed by atoms with Gasteiger partial charge in [-0.1, -0.05) is 38.5 Å². The van der Waals surface area contributed by atoms with Gasteiger partial charge in [0.25, 0.3) is 0 Å². The van der Waals surface area contributed by atoms with Gasteiger partial charge in [0.2, 0.25) is 5.60 Å². The van der Waals surface area contributed by atoms with Crippen LogP contribution in [0.2, 0.25) is 0 Å². The summed E-state index contributed by atoms with van der Waals surface area (Å²) in [5.74, 6) is 0.912. The molecule has 3 N–H and O–H groups in total. The highest BCUT2D eigenvalue weighted by Crippen LogP contribution is 2.40. The van der Waals surface area contributed by atoms with Crippen LogP contribution >= 0.6 is 24.0 Å². The van der Waals surface area contributed by atoms with E-state index < -0.39 is 24.0 Å². The zero-order valence-corrected chi connectivity index (χ0v) is 20.2. The van der Waals surface area contributed by atoms with Crippen LogP contribution in [0.15, 0.2) is 17.4 Å². The van der Waals surface area contributed by atoms with E-state index in [0.29, 0.717) is 19.0 Å². The van der Waals surface area contributed by atoms with Gasteiger partial charge in [0, 0.05) is 45.5 Å². The van der Waals surface area contributed by atoms with E-state index in [1.807, 2.05) is 6.92 Å². The number of alkyl halides is 3. The standard InChI is InChI=1S/C20H34F3N5O.HI/c1-3-24-18(26-12-7-6-10-16-8-4-5-9-16)27-13-11-19(29,20(21,22)23)17-25-14-15-28(17)2;/h14-16,29H,3-13H2,1-2H3,(H2,24,26,27);1H. The first-order chi connectivity index (χ1) is 13.8. The average Bonchev–Trinajstić information content (AvgIpc) is 3.32. The lowest BCUT2D eigenvalue weighted by Gasteiger charge is -2.30. The molecule has 1 aromatic heterocycles. The van der Waals surface area contributed by atoms with Gasteiger partial charge in [0.05, 0.1) is 0 Å². The largest absolute Gasteiger partial charge is 0.424 e. The second-order valence-electron chi connectivity index (χ2n) is 7.80. The summed E-state index contributed by atoms with van der Waals surface area (Å²) in [4.78, 5) is 8.16. The van der Waals surface area contributed by atoms with E-state index in [-0.39, 0.29) is 30.5 Å². The van der Waals surface area contributed by atoms with E-state index >= 15 is 0 Å². The highest BCUT2D eigenvalue weighted by Gasteiger charge is 2.57. The van der Waals surface area contributed by atoms with Crippen LogP contribution in [0.3, 0.4) is 0 Å². The third kappa shape index (κ3) is 7.58. The molecule has 1 saturated carbocycles. The quantitative estimate of drug-likeness (QED) is 0.179. The topological polar surface area (TPSA) is 74.5 Å². The number of nitrogens with one attached hydrogen (secondary N) is 2. The molecule has 0 aromatic carbocycles. The van der Waals surface area contributed by atoms with Crippen molar-refractivity contribution in [3.63, 3.8) is 0 Å². The minimum absolute atomic E-state index is 0. The number of hydrogen-bond donors (Lipinski definition) is 3. The monoisotopic (exact) mass is 545 g/mol. The molecule has 0 radical (unpaired) electrons. The minimum atomic E-state index is -4.83. The lowest BCUT2D eigenvalue weighted by molar-refractivity contribution is -0.272. The minimum Gasteiger partial charge on any atom is -0.374 e. The molecular weight excluding hydrogens is 510 g/mol. The van der Waals surface area contributed by atoms with E-state index in [4.69, 9.17) is 0 Å². The van der Waals surface area contributed by atoms with Crippen LogP contribution in [0.1, 0.15) is 64.1 Å². The SMILES string of the molecule is CCNC(=NCCCCC1CCCC1)NCCC(O)(c1nccn1C)C(F)(F)F.I. The molecule has 0 bridgehead atoms. The van der Waals surface area contributed by atoms with Gasteiger partial charge in [-0.15, -0.1) is 24.0 Å². The van der Waals surface area contributed by atoms with E-state index in [9.17, 15) is 18.3 Å². The molecule has 174 valence electrons. The first-order valence-electron chi connectivity index (χ1n) is 10.6. The summed E-state index contributed by atoms with van der Waals surface area (Å²) < 4.78 is 41.9. The van der Waals surface area contributed by atoms with Crippen LogP contribution in [0.25, 0.3) is 0 Å². The van der Waals surface area contributed by atoms with Gasteiger partial charge in [-0.25, -0.2) is 4.98 Å². The number of aliphatic hydroxyl groups is 1. The number of imidazole rings is 1. The average molecular weight is 545 g/mol. The first kappa shape index (κ1) is 27.0. The van der Waals surface area contributed by atoms with Crippen molar-refractivity contribution >= 4 is 29.9 Å². The van der Waals surface area contributed by atoms with Gasteiger partial charge in [0.15, 0.2) is 5.96 Å². The zero-order chi connectivity index (χ0) is 21.3. The van der Waals surface area contributed by atoms with Crippen LogP contribution in [-0.4, -0.2) is 46.4 Å². The molecule has 1 aromatic rings. The molecule has 1 aliphatic rings. The number of rotatable bonds is 10. The van der Waals surface area contributed by atoms with Gasteiger partial charge in [-0.05, 0) is 19.3 Å². The molecule has 1 unspecified atom stereocenters. The summed E-state index contributed by atoms with van der Waals surface area (Å²) in [6.07, 6.45) is 5.94. The predicted molar refractivity (Wildman–Crippen MR) is 123 cm³/mol. The highest BCUT2D eigenvalue weighted by molar-refractivity contribution is 14.0. The van der Waals surface area contributed by atoms with Crippen molar-refractivity contribution in [1.29, 1.82) is 0 Å². The van der Waals surface area contributed by atoms with E-state index in [0.717, 1.165) is 18.8 Å². The molecule has 10 heteroatoms. The van der Waals surface area contributed by atoms with Crippen LogP contribution < -0.4 is 10.6 Å². The van der Waals surface area contributed by atoms with Crippen molar-refractivity contribution < 1.29 is 18.3 Å². The number of halogens is 4. The Morgan fingerprint density at radius 1 is 1.27 bits per heavy atom. The lowest BCUT2D eigenvalue weighted by atomic mass is 9.97. The van der Waals surface area contributed by atoms with Crippen molar-refractivity contribution in [2.24, 2.45) is 18.0 Å². The Labute approximate surface area is 194 Å². The highest BCUT2D eigenvalue weighted by atomic mass is 127. The smallest absolute Gasteiger partial charge is 0.374 e. The van der Waals surface area contributed by atoms with E-state index in [1.54, 1.807) is 0 Å². The third-order valence-corrected chi connectivity index (χ3v) is 5.55. The van der Waals surface area contributed by atoms with E-state index in [1.165, 1.54) is 56.1 Å². The second kappa shape index (κ2) is 12.7. The van der Waals surface area contributed by atoms with Crippen LogP contribution in [-0.2, 0) is 12.6 Å². The molecule has 1 fully saturated rings. The molecule has 1 aliphatic carbocycles. The summed E-state index contributed by atoms with van der Waals surface area (Å²) in [5, 5.41) is 16.3. The molecule has 1 heterocycles. The Morgan fingerprint density at radius 2 is 1.97 bits per heavy atom. The Morgan fingerprint density at radius 3 is 2.53 bits per heavy atom. The number of aryl methyl sites for hydroxylation is 1. The van der Waals surface area contributed by atoms with Crippen LogP contribution in [0.4, 0.5) is 13.2 Å². The Hall–Kier alpha value is -1.04. The van der Waals surface area contributed by atoms with Crippen molar-refractivity contribution in [2.45, 2.75) is 70.1 Å². The summed E-state index contributed by atoms with van der Waals surface area (Å²) in [6, 6.07) is 0. The second-order valence-corrected chi connectivity index (χ2v) is 7.80. The number of aromatic nitrogens is 2. The van der Waals surface area contributed by atoms with Gasteiger partial charge in [0.1, 0.15) is 5.82 Å². The summed E-state index contributed by atoms with van der Waals surface area (Å²) >= 11 is 0. The summed E-state index contributed by atoms with van der Waals surface area (Å²) in [7, 11) is 1.43. The molecule has 30 heavy (non-hydrogen) atoms. The fourth-order valence-corrected chi connectivity index (χ4v) is 3.88. The van der Waals surface area contributed by atoms with Crippen LogP contribution in [0.5, 0.6) is 0 Å². The van der Waals surface area contributed by atoms with E-state index in [2.05, 4.69) is 20.6 Å². The fraction of sp³-hybridized carbons (Fsp3) is 0.800. The fourth-order valence-electron chi connectivity index (χ4n) is 3.88.